The number of benzene rings is 3. The smallest absolute Gasteiger partial charge is 0.323 e. The molecule has 0 radical (unpaired) electrons. The molecule has 4 aromatic rings. The van der Waals surface area contributed by atoms with Crippen molar-refractivity contribution in [3.05, 3.63) is 84.4 Å². The maximum Gasteiger partial charge on any atom is 0.323 e. The number of esters is 1. The number of aromatic nitrogens is 1. The van der Waals surface area contributed by atoms with Crippen LogP contribution in [0.3, 0.4) is 0 Å². The van der Waals surface area contributed by atoms with Gasteiger partial charge in [-0.2, -0.15) is 0 Å². The second-order valence-electron chi connectivity index (χ2n) is 6.65. The molecule has 0 saturated heterocycles. The van der Waals surface area contributed by atoms with Crippen molar-refractivity contribution in [2.24, 2.45) is 0 Å². The zero-order chi connectivity index (χ0) is 20.9. The Bertz CT molecular complexity index is 1140. The highest BCUT2D eigenvalue weighted by molar-refractivity contribution is 7.21. The van der Waals surface area contributed by atoms with E-state index in [0.29, 0.717) is 11.3 Å². The molecule has 0 fully saturated rings. The van der Waals surface area contributed by atoms with Gasteiger partial charge in [0.25, 0.3) is 0 Å². The average Bonchev–Trinajstić information content (AvgIpc) is 3.20. The molecule has 1 amide bonds. The number of nitrogens with one attached hydrogen (secondary N) is 1. The molecule has 1 atom stereocenters. The first-order valence-electron chi connectivity index (χ1n) is 9.64. The van der Waals surface area contributed by atoms with E-state index in [9.17, 15) is 9.59 Å². The lowest BCUT2D eigenvalue weighted by Gasteiger charge is -2.16. The number of hydrogen-bond donors (Lipinski definition) is 1. The number of fused-ring (bicyclic) bond motifs is 1. The average molecular weight is 417 g/mol. The highest BCUT2D eigenvalue weighted by atomic mass is 32.1. The van der Waals surface area contributed by atoms with Gasteiger partial charge in [-0.15, -0.1) is 11.3 Å². The monoisotopic (exact) mass is 416 g/mol. The van der Waals surface area contributed by atoms with Crippen molar-refractivity contribution >= 4 is 39.1 Å². The Labute approximate surface area is 178 Å². The molecule has 0 aliphatic carbocycles. The third-order valence-electron chi connectivity index (χ3n) is 4.61. The third-order valence-corrected chi connectivity index (χ3v) is 5.70. The van der Waals surface area contributed by atoms with Crippen LogP contribution in [0.1, 0.15) is 18.4 Å². The summed E-state index contributed by atoms with van der Waals surface area (Å²) >= 11 is 1.62. The summed E-state index contributed by atoms with van der Waals surface area (Å²) in [6, 6.07) is 24.4. The topological polar surface area (TPSA) is 68.3 Å². The second-order valence-corrected chi connectivity index (χ2v) is 7.68. The van der Waals surface area contributed by atoms with Gasteiger partial charge in [-0.05, 0) is 48.9 Å². The summed E-state index contributed by atoms with van der Waals surface area (Å²) in [6.07, 6.45) is 0. The lowest BCUT2D eigenvalue weighted by Crippen LogP contribution is -2.29. The molecule has 1 heterocycles. The highest BCUT2D eigenvalue weighted by Gasteiger charge is 2.29. The minimum Gasteiger partial charge on any atom is -0.465 e. The Kier molecular flexibility index (Phi) is 5.86. The van der Waals surface area contributed by atoms with Crippen molar-refractivity contribution in [2.45, 2.75) is 12.8 Å². The van der Waals surface area contributed by atoms with Gasteiger partial charge in [0.1, 0.15) is 5.01 Å². The van der Waals surface area contributed by atoms with Gasteiger partial charge < -0.3 is 10.1 Å². The number of ether oxygens (including phenoxy) is 1. The zero-order valence-corrected chi connectivity index (χ0v) is 17.2. The molecule has 30 heavy (non-hydrogen) atoms. The van der Waals surface area contributed by atoms with E-state index in [-0.39, 0.29) is 6.61 Å². The highest BCUT2D eigenvalue weighted by Crippen LogP contribution is 2.30. The molecule has 4 rings (SSSR count). The van der Waals surface area contributed by atoms with Gasteiger partial charge in [-0.25, -0.2) is 4.98 Å². The van der Waals surface area contributed by atoms with E-state index >= 15 is 0 Å². The van der Waals surface area contributed by atoms with E-state index in [1.165, 1.54) is 0 Å². The minimum absolute atomic E-state index is 0.215. The number of carbonyl (C=O) groups excluding carboxylic acids is 2. The number of anilines is 1. The summed E-state index contributed by atoms with van der Waals surface area (Å²) in [4.78, 5) is 29.9. The number of thiazole rings is 1. The Balaban J connectivity index is 1.53. The van der Waals surface area contributed by atoms with E-state index in [1.54, 1.807) is 42.5 Å². The fourth-order valence-corrected chi connectivity index (χ4v) is 4.14. The number of carbonyl (C=O) groups is 2. The van der Waals surface area contributed by atoms with Crippen LogP contribution in [0.5, 0.6) is 0 Å². The Morgan fingerprint density at radius 2 is 1.67 bits per heavy atom. The summed E-state index contributed by atoms with van der Waals surface area (Å²) in [5, 5.41) is 3.75. The summed E-state index contributed by atoms with van der Waals surface area (Å²) in [5.41, 5.74) is 3.14. The summed E-state index contributed by atoms with van der Waals surface area (Å²) in [7, 11) is 0. The number of rotatable bonds is 6. The predicted molar refractivity (Wildman–Crippen MR) is 120 cm³/mol. The molecule has 3 aromatic carbocycles. The van der Waals surface area contributed by atoms with Crippen molar-refractivity contribution in [3.8, 4) is 10.6 Å². The third kappa shape index (κ3) is 4.23. The summed E-state index contributed by atoms with van der Waals surface area (Å²) in [5.74, 6) is -2.00. The molecule has 6 heteroatoms. The molecule has 1 N–H and O–H groups in total. The molecule has 1 aromatic heterocycles. The second kappa shape index (κ2) is 8.88. The van der Waals surface area contributed by atoms with Crippen molar-refractivity contribution in [2.75, 3.05) is 11.9 Å². The van der Waals surface area contributed by atoms with Crippen LogP contribution >= 0.6 is 11.3 Å². The maximum absolute atomic E-state index is 12.9. The SMILES string of the molecule is CCOC(=O)C(C(=O)Nc1ccc(-c2nc3ccccc3s2)cc1)c1ccccc1. The van der Waals surface area contributed by atoms with Crippen molar-refractivity contribution in [3.63, 3.8) is 0 Å². The predicted octanol–water partition coefficient (Wildman–Crippen LogP) is 5.25. The van der Waals surface area contributed by atoms with Gasteiger partial charge in [0, 0.05) is 11.3 Å². The van der Waals surface area contributed by atoms with Gasteiger partial charge >= 0.3 is 5.97 Å². The number of amides is 1. The first-order valence-corrected chi connectivity index (χ1v) is 10.5. The van der Waals surface area contributed by atoms with E-state index in [0.717, 1.165) is 20.8 Å². The lowest BCUT2D eigenvalue weighted by molar-refractivity contribution is -0.147. The largest absolute Gasteiger partial charge is 0.465 e. The van der Waals surface area contributed by atoms with E-state index in [1.807, 2.05) is 54.6 Å². The molecule has 0 aliphatic heterocycles. The molecule has 150 valence electrons. The van der Waals surface area contributed by atoms with Gasteiger partial charge in [-0.3, -0.25) is 9.59 Å². The summed E-state index contributed by atoms with van der Waals surface area (Å²) < 4.78 is 6.25. The molecule has 0 saturated carbocycles. The van der Waals surface area contributed by atoms with Crippen LogP contribution in [0.2, 0.25) is 0 Å². The normalized spacial score (nSPS) is 11.8. The van der Waals surface area contributed by atoms with Crippen LogP contribution in [0.15, 0.2) is 78.9 Å². The number of nitrogens with zero attached hydrogens (tertiary/aromatic N) is 1. The van der Waals surface area contributed by atoms with Crippen molar-refractivity contribution in [1.29, 1.82) is 0 Å². The number of para-hydroxylation sites is 1. The Morgan fingerprint density at radius 3 is 2.37 bits per heavy atom. The fourth-order valence-electron chi connectivity index (χ4n) is 3.17. The lowest BCUT2D eigenvalue weighted by atomic mass is 9.98. The Morgan fingerprint density at radius 1 is 0.967 bits per heavy atom. The van der Waals surface area contributed by atoms with Crippen LogP contribution in [0, 0.1) is 0 Å². The van der Waals surface area contributed by atoms with E-state index < -0.39 is 17.8 Å². The molecule has 0 bridgehead atoms. The molecular formula is C24H20N2O3S. The molecule has 5 nitrogen and oxygen atoms in total. The molecule has 0 aliphatic rings. The maximum atomic E-state index is 12.9. The number of hydrogen-bond acceptors (Lipinski definition) is 5. The van der Waals surface area contributed by atoms with Crippen LogP contribution < -0.4 is 5.32 Å². The van der Waals surface area contributed by atoms with Gasteiger partial charge in [0.2, 0.25) is 5.91 Å². The van der Waals surface area contributed by atoms with Crippen LogP contribution in [-0.2, 0) is 14.3 Å². The van der Waals surface area contributed by atoms with Crippen LogP contribution in [-0.4, -0.2) is 23.5 Å². The quantitative estimate of drug-likeness (QED) is 0.344. The van der Waals surface area contributed by atoms with E-state index in [4.69, 9.17) is 4.74 Å². The van der Waals surface area contributed by atoms with Gasteiger partial charge in [0.05, 0.1) is 16.8 Å². The Hall–Kier alpha value is -3.51. The molecule has 0 spiro atoms. The standard InChI is InChI=1S/C24H20N2O3S/c1-2-29-24(28)21(16-8-4-3-5-9-16)22(27)25-18-14-12-17(13-15-18)23-26-19-10-6-7-11-20(19)30-23/h3-15,21H,2H2,1H3,(H,25,27). The summed E-state index contributed by atoms with van der Waals surface area (Å²) in [6.45, 7) is 1.94. The van der Waals surface area contributed by atoms with Crippen molar-refractivity contribution < 1.29 is 14.3 Å². The zero-order valence-electron chi connectivity index (χ0n) is 16.4. The van der Waals surface area contributed by atoms with Gasteiger partial charge in [-0.1, -0.05) is 42.5 Å². The van der Waals surface area contributed by atoms with Gasteiger partial charge in [0.15, 0.2) is 5.92 Å². The van der Waals surface area contributed by atoms with Crippen molar-refractivity contribution in [1.82, 2.24) is 4.98 Å². The first-order chi connectivity index (χ1) is 14.7. The molecule has 1 unspecified atom stereocenters. The van der Waals surface area contributed by atoms with E-state index in [2.05, 4.69) is 10.3 Å². The van der Waals surface area contributed by atoms with Crippen LogP contribution in [0.25, 0.3) is 20.8 Å². The minimum atomic E-state index is -1.02. The van der Waals surface area contributed by atoms with Crippen LogP contribution in [0.4, 0.5) is 5.69 Å². The molecular weight excluding hydrogens is 396 g/mol. The first kappa shape index (κ1) is 19.8. The fraction of sp³-hybridized carbons (Fsp3) is 0.125.